The molecule has 0 bridgehead atoms. The topological polar surface area (TPSA) is 20.3 Å². The Labute approximate surface area is 108 Å². The highest BCUT2D eigenvalue weighted by molar-refractivity contribution is 7.12. The van der Waals surface area contributed by atoms with Crippen molar-refractivity contribution in [3.63, 3.8) is 0 Å². The van der Waals surface area contributed by atoms with Gasteiger partial charge < -0.3 is 4.90 Å². The number of Topliss-reactive ketones (excluding diaryl/α,β-unsaturated/α-hetero) is 1. The van der Waals surface area contributed by atoms with Crippen molar-refractivity contribution in [2.24, 2.45) is 11.8 Å². The van der Waals surface area contributed by atoms with Crippen LogP contribution in [-0.2, 0) is 0 Å². The Morgan fingerprint density at radius 2 is 2.35 bits per heavy atom. The number of thiophene rings is 1. The second-order valence-electron chi connectivity index (χ2n) is 5.24. The molecule has 0 amide bonds. The number of nitrogens with zero attached hydrogens (tertiary/aromatic N) is 1. The third-order valence-electron chi connectivity index (χ3n) is 3.56. The van der Waals surface area contributed by atoms with Crippen molar-refractivity contribution in [3.8, 4) is 0 Å². The van der Waals surface area contributed by atoms with Crippen LogP contribution in [0.3, 0.4) is 0 Å². The van der Waals surface area contributed by atoms with E-state index in [-0.39, 0.29) is 0 Å². The number of hydrogen-bond donors (Lipinski definition) is 0. The van der Waals surface area contributed by atoms with E-state index in [9.17, 15) is 4.79 Å². The highest BCUT2D eigenvalue weighted by atomic mass is 32.1. The van der Waals surface area contributed by atoms with E-state index >= 15 is 0 Å². The molecular formula is C14H21NOS. The van der Waals surface area contributed by atoms with Gasteiger partial charge in [0.05, 0.1) is 4.88 Å². The fraction of sp³-hybridized carbons (Fsp3) is 0.643. The molecule has 2 nitrogen and oxygen atoms in total. The number of carbonyl (C=O) groups is 1. The maximum atomic E-state index is 11.8. The molecule has 0 spiro atoms. The first-order valence-electron chi connectivity index (χ1n) is 6.42. The molecule has 1 fully saturated rings. The normalized spacial score (nSPS) is 23.0. The van der Waals surface area contributed by atoms with Crippen molar-refractivity contribution in [3.05, 3.63) is 22.4 Å². The van der Waals surface area contributed by atoms with Crippen LogP contribution in [0, 0.1) is 11.8 Å². The molecule has 2 atom stereocenters. The van der Waals surface area contributed by atoms with Gasteiger partial charge in [0.2, 0.25) is 0 Å². The molecule has 0 aromatic carbocycles. The van der Waals surface area contributed by atoms with E-state index in [0.29, 0.717) is 12.2 Å². The van der Waals surface area contributed by atoms with Gasteiger partial charge in [-0.25, -0.2) is 0 Å². The van der Waals surface area contributed by atoms with Gasteiger partial charge in [-0.15, -0.1) is 11.3 Å². The van der Waals surface area contributed by atoms with E-state index in [1.165, 1.54) is 13.0 Å². The molecule has 2 unspecified atom stereocenters. The van der Waals surface area contributed by atoms with E-state index in [1.807, 2.05) is 17.5 Å². The summed E-state index contributed by atoms with van der Waals surface area (Å²) in [5.41, 5.74) is 0. The minimum Gasteiger partial charge on any atom is -0.306 e. The molecule has 1 aliphatic carbocycles. The molecule has 0 N–H and O–H groups in total. The molecule has 0 radical (unpaired) electrons. The molecular weight excluding hydrogens is 230 g/mol. The first kappa shape index (κ1) is 12.8. The van der Waals surface area contributed by atoms with Crippen molar-refractivity contribution in [1.29, 1.82) is 0 Å². The van der Waals surface area contributed by atoms with Gasteiger partial charge in [0.15, 0.2) is 5.78 Å². The van der Waals surface area contributed by atoms with E-state index in [1.54, 1.807) is 11.3 Å². The Kier molecular flexibility index (Phi) is 4.35. The molecule has 1 aromatic heterocycles. The zero-order chi connectivity index (χ0) is 12.3. The van der Waals surface area contributed by atoms with Crippen LogP contribution in [0.1, 0.15) is 35.9 Å². The summed E-state index contributed by atoms with van der Waals surface area (Å²) in [6.45, 7) is 4.56. The standard InChI is InChI=1S/C14H21NOS/c1-11-9-12(11)10-15(2)7-3-5-13(16)14-6-4-8-17-14/h4,6,8,11-12H,3,5,7,9-10H2,1-2H3. The molecule has 1 heterocycles. The third-order valence-corrected chi connectivity index (χ3v) is 4.47. The summed E-state index contributed by atoms with van der Waals surface area (Å²) in [6, 6.07) is 3.86. The maximum Gasteiger partial charge on any atom is 0.172 e. The van der Waals surface area contributed by atoms with E-state index in [4.69, 9.17) is 0 Å². The van der Waals surface area contributed by atoms with Crippen LogP contribution in [0.2, 0.25) is 0 Å². The van der Waals surface area contributed by atoms with Gasteiger partial charge in [-0.2, -0.15) is 0 Å². The molecule has 2 rings (SSSR count). The quantitative estimate of drug-likeness (QED) is 0.693. The second-order valence-corrected chi connectivity index (χ2v) is 6.19. The smallest absolute Gasteiger partial charge is 0.172 e. The Morgan fingerprint density at radius 3 is 2.94 bits per heavy atom. The van der Waals surface area contributed by atoms with Crippen molar-refractivity contribution in [2.75, 3.05) is 20.1 Å². The van der Waals surface area contributed by atoms with Crippen molar-refractivity contribution < 1.29 is 4.79 Å². The molecule has 1 aromatic rings. The molecule has 94 valence electrons. The summed E-state index contributed by atoms with van der Waals surface area (Å²) >= 11 is 1.55. The lowest BCUT2D eigenvalue weighted by Crippen LogP contribution is -2.23. The van der Waals surface area contributed by atoms with Gasteiger partial charge in [-0.05, 0) is 49.7 Å². The Morgan fingerprint density at radius 1 is 1.59 bits per heavy atom. The van der Waals surface area contributed by atoms with Crippen molar-refractivity contribution >= 4 is 17.1 Å². The minimum atomic E-state index is 0.299. The highest BCUT2D eigenvalue weighted by Crippen LogP contribution is 2.37. The van der Waals surface area contributed by atoms with E-state index in [2.05, 4.69) is 18.9 Å². The molecule has 1 saturated carbocycles. The third kappa shape index (κ3) is 3.93. The lowest BCUT2D eigenvalue weighted by molar-refractivity contribution is 0.0980. The van der Waals surface area contributed by atoms with Crippen molar-refractivity contribution in [2.45, 2.75) is 26.2 Å². The predicted octanol–water partition coefficient (Wildman–Crippen LogP) is 3.30. The summed E-state index contributed by atoms with van der Waals surface area (Å²) in [6.07, 6.45) is 3.05. The Hall–Kier alpha value is -0.670. The minimum absolute atomic E-state index is 0.299. The number of rotatable bonds is 7. The van der Waals surface area contributed by atoms with Gasteiger partial charge in [0.25, 0.3) is 0 Å². The number of hydrogen-bond acceptors (Lipinski definition) is 3. The zero-order valence-corrected chi connectivity index (χ0v) is 11.5. The molecule has 17 heavy (non-hydrogen) atoms. The molecule has 0 aliphatic heterocycles. The van der Waals surface area contributed by atoms with E-state index in [0.717, 1.165) is 29.7 Å². The van der Waals surface area contributed by atoms with Gasteiger partial charge in [0.1, 0.15) is 0 Å². The monoisotopic (exact) mass is 251 g/mol. The zero-order valence-electron chi connectivity index (χ0n) is 10.7. The summed E-state index contributed by atoms with van der Waals surface area (Å²) in [4.78, 5) is 15.0. The van der Waals surface area contributed by atoms with Gasteiger partial charge in [-0.3, -0.25) is 4.79 Å². The number of carbonyl (C=O) groups excluding carboxylic acids is 1. The predicted molar refractivity (Wildman–Crippen MR) is 72.7 cm³/mol. The molecule has 3 heteroatoms. The van der Waals surface area contributed by atoms with Crippen LogP contribution >= 0.6 is 11.3 Å². The summed E-state index contributed by atoms with van der Waals surface area (Å²) in [5, 5.41) is 1.97. The largest absolute Gasteiger partial charge is 0.306 e. The lowest BCUT2D eigenvalue weighted by atomic mass is 10.2. The first-order chi connectivity index (χ1) is 8.16. The van der Waals surface area contributed by atoms with Crippen LogP contribution in [0.15, 0.2) is 17.5 Å². The highest BCUT2D eigenvalue weighted by Gasteiger charge is 2.32. The SMILES string of the molecule is CC1CC1CN(C)CCCC(=O)c1cccs1. The summed E-state index contributed by atoms with van der Waals surface area (Å²) in [5.74, 6) is 2.13. The second kappa shape index (κ2) is 5.78. The Balaban J connectivity index is 1.60. The lowest BCUT2D eigenvalue weighted by Gasteiger charge is -2.15. The summed E-state index contributed by atoms with van der Waals surface area (Å²) < 4.78 is 0. The first-order valence-corrected chi connectivity index (χ1v) is 7.30. The average molecular weight is 251 g/mol. The van der Waals surface area contributed by atoms with Gasteiger partial charge in [0, 0.05) is 13.0 Å². The van der Waals surface area contributed by atoms with Crippen LogP contribution in [0.5, 0.6) is 0 Å². The average Bonchev–Trinajstić information content (AvgIpc) is 2.83. The fourth-order valence-electron chi connectivity index (χ4n) is 2.22. The van der Waals surface area contributed by atoms with E-state index < -0.39 is 0 Å². The maximum absolute atomic E-state index is 11.8. The Bertz CT molecular complexity index is 360. The van der Waals surface area contributed by atoms with Crippen LogP contribution in [0.25, 0.3) is 0 Å². The van der Waals surface area contributed by atoms with Crippen LogP contribution in [-0.4, -0.2) is 30.8 Å². The van der Waals surface area contributed by atoms with Gasteiger partial charge in [-0.1, -0.05) is 13.0 Å². The van der Waals surface area contributed by atoms with Crippen LogP contribution < -0.4 is 0 Å². The summed E-state index contributed by atoms with van der Waals surface area (Å²) in [7, 11) is 2.17. The van der Waals surface area contributed by atoms with Gasteiger partial charge >= 0.3 is 0 Å². The molecule has 0 saturated heterocycles. The fourth-order valence-corrected chi connectivity index (χ4v) is 2.91. The van der Waals surface area contributed by atoms with Crippen molar-refractivity contribution in [1.82, 2.24) is 4.90 Å². The molecule has 1 aliphatic rings. The van der Waals surface area contributed by atoms with Crippen LogP contribution in [0.4, 0.5) is 0 Å². The number of ketones is 1.